The van der Waals surface area contributed by atoms with E-state index in [0.29, 0.717) is 12.6 Å². The number of aryl methyl sites for hydroxylation is 1. The first-order chi connectivity index (χ1) is 8.74. The Morgan fingerprint density at radius 2 is 2.22 bits per heavy atom. The molecule has 2 heterocycles. The predicted octanol–water partition coefficient (Wildman–Crippen LogP) is 0.508. The zero-order valence-corrected chi connectivity index (χ0v) is 11.3. The highest BCUT2D eigenvalue weighted by Gasteiger charge is 2.25. The molecule has 5 nitrogen and oxygen atoms in total. The Kier molecular flexibility index (Phi) is 4.49. The molecule has 5 heteroatoms. The summed E-state index contributed by atoms with van der Waals surface area (Å²) in [4.78, 5) is 13.4. The van der Waals surface area contributed by atoms with Crippen molar-refractivity contribution in [3.05, 3.63) is 18.1 Å². The van der Waals surface area contributed by atoms with Crippen LogP contribution in [0.15, 0.2) is 12.4 Å². The monoisotopic (exact) mass is 249 g/mol. The number of hydrogen-bond acceptors (Lipinski definition) is 5. The summed E-state index contributed by atoms with van der Waals surface area (Å²) in [5, 5.41) is 0. The summed E-state index contributed by atoms with van der Waals surface area (Å²) in [5.41, 5.74) is 7.00. The lowest BCUT2D eigenvalue weighted by atomic mass is 10.1. The fraction of sp³-hybridized carbons (Fsp3) is 0.692. The molecule has 0 saturated carbocycles. The number of piperazine rings is 1. The first-order valence-electron chi connectivity index (χ1n) is 6.70. The summed E-state index contributed by atoms with van der Waals surface area (Å²) >= 11 is 0. The van der Waals surface area contributed by atoms with E-state index in [9.17, 15) is 0 Å². The van der Waals surface area contributed by atoms with Gasteiger partial charge in [0.05, 0.1) is 6.04 Å². The van der Waals surface area contributed by atoms with Crippen LogP contribution in [0, 0.1) is 0 Å². The molecule has 1 aliphatic heterocycles. The number of hydrogen-bond donors (Lipinski definition) is 1. The van der Waals surface area contributed by atoms with Crippen LogP contribution in [0.4, 0.5) is 5.82 Å². The number of nitrogens with zero attached hydrogens (tertiary/aromatic N) is 4. The van der Waals surface area contributed by atoms with Gasteiger partial charge in [0.1, 0.15) is 12.1 Å². The van der Waals surface area contributed by atoms with Crippen LogP contribution in [0.25, 0.3) is 0 Å². The molecular weight excluding hydrogens is 226 g/mol. The number of anilines is 1. The summed E-state index contributed by atoms with van der Waals surface area (Å²) in [6.45, 7) is 5.88. The van der Waals surface area contributed by atoms with Crippen molar-refractivity contribution in [3.63, 3.8) is 0 Å². The average molecular weight is 249 g/mol. The van der Waals surface area contributed by atoms with Crippen LogP contribution >= 0.6 is 0 Å². The quantitative estimate of drug-likeness (QED) is 0.842. The highest BCUT2D eigenvalue weighted by atomic mass is 15.3. The van der Waals surface area contributed by atoms with Crippen molar-refractivity contribution in [1.82, 2.24) is 14.9 Å². The van der Waals surface area contributed by atoms with E-state index in [1.165, 1.54) is 0 Å². The van der Waals surface area contributed by atoms with Crippen molar-refractivity contribution in [2.75, 3.05) is 38.1 Å². The Morgan fingerprint density at radius 3 is 2.94 bits per heavy atom. The molecular formula is C13H23N5. The van der Waals surface area contributed by atoms with Crippen molar-refractivity contribution >= 4 is 5.82 Å². The number of rotatable bonds is 4. The van der Waals surface area contributed by atoms with Gasteiger partial charge >= 0.3 is 0 Å². The fourth-order valence-electron chi connectivity index (χ4n) is 2.45. The summed E-state index contributed by atoms with van der Waals surface area (Å²) < 4.78 is 0. The van der Waals surface area contributed by atoms with Crippen LogP contribution in [0.2, 0.25) is 0 Å². The van der Waals surface area contributed by atoms with E-state index in [2.05, 4.69) is 39.8 Å². The molecule has 1 fully saturated rings. The van der Waals surface area contributed by atoms with Gasteiger partial charge in [0.25, 0.3) is 0 Å². The molecule has 2 N–H and O–H groups in total. The van der Waals surface area contributed by atoms with Gasteiger partial charge in [0.15, 0.2) is 0 Å². The minimum absolute atomic E-state index is 0.355. The SMILES string of the molecule is CCCc1cc(N2CCN(C)CC2CN)ncn1. The second-order valence-electron chi connectivity index (χ2n) is 4.96. The molecule has 18 heavy (non-hydrogen) atoms. The Hall–Kier alpha value is -1.20. The third-order valence-electron chi connectivity index (χ3n) is 3.47. The zero-order chi connectivity index (χ0) is 13.0. The summed E-state index contributed by atoms with van der Waals surface area (Å²) in [5.74, 6) is 1.03. The minimum atomic E-state index is 0.355. The van der Waals surface area contributed by atoms with Gasteiger partial charge in [0.2, 0.25) is 0 Å². The molecule has 0 bridgehead atoms. The van der Waals surface area contributed by atoms with Gasteiger partial charge in [-0.2, -0.15) is 0 Å². The second kappa shape index (κ2) is 6.11. The fourth-order valence-corrected chi connectivity index (χ4v) is 2.45. The van der Waals surface area contributed by atoms with E-state index in [4.69, 9.17) is 5.73 Å². The van der Waals surface area contributed by atoms with E-state index < -0.39 is 0 Å². The van der Waals surface area contributed by atoms with Gasteiger partial charge in [0, 0.05) is 37.9 Å². The normalized spacial score (nSPS) is 21.3. The molecule has 1 aliphatic rings. The lowest BCUT2D eigenvalue weighted by molar-refractivity contribution is 0.268. The Labute approximate surface area is 109 Å². The van der Waals surface area contributed by atoms with Crippen molar-refractivity contribution in [3.8, 4) is 0 Å². The summed E-state index contributed by atoms with van der Waals surface area (Å²) in [6, 6.07) is 2.46. The minimum Gasteiger partial charge on any atom is -0.350 e. The van der Waals surface area contributed by atoms with Gasteiger partial charge in [-0.15, -0.1) is 0 Å². The molecule has 0 aromatic carbocycles. The summed E-state index contributed by atoms with van der Waals surface area (Å²) in [7, 11) is 2.14. The molecule has 2 rings (SSSR count). The molecule has 1 unspecified atom stereocenters. The maximum absolute atomic E-state index is 5.88. The third-order valence-corrected chi connectivity index (χ3v) is 3.47. The van der Waals surface area contributed by atoms with E-state index in [1.807, 2.05) is 0 Å². The Balaban J connectivity index is 2.16. The van der Waals surface area contributed by atoms with Crippen molar-refractivity contribution < 1.29 is 0 Å². The van der Waals surface area contributed by atoms with Gasteiger partial charge in [-0.1, -0.05) is 13.3 Å². The Morgan fingerprint density at radius 1 is 1.39 bits per heavy atom. The van der Waals surface area contributed by atoms with Gasteiger partial charge in [-0.3, -0.25) is 0 Å². The Bertz CT molecular complexity index is 381. The van der Waals surface area contributed by atoms with Gasteiger partial charge in [-0.05, 0) is 13.5 Å². The van der Waals surface area contributed by atoms with Crippen LogP contribution in [-0.4, -0.2) is 54.1 Å². The lowest BCUT2D eigenvalue weighted by Gasteiger charge is -2.40. The van der Waals surface area contributed by atoms with Crippen LogP contribution in [0.3, 0.4) is 0 Å². The molecule has 1 atom stereocenters. The van der Waals surface area contributed by atoms with Crippen molar-refractivity contribution in [2.45, 2.75) is 25.8 Å². The van der Waals surface area contributed by atoms with Gasteiger partial charge < -0.3 is 15.5 Å². The van der Waals surface area contributed by atoms with Crippen LogP contribution in [0.5, 0.6) is 0 Å². The molecule has 0 radical (unpaired) electrons. The number of aromatic nitrogens is 2. The smallest absolute Gasteiger partial charge is 0.132 e. The highest BCUT2D eigenvalue weighted by molar-refractivity contribution is 5.41. The van der Waals surface area contributed by atoms with Crippen LogP contribution in [-0.2, 0) is 6.42 Å². The van der Waals surface area contributed by atoms with E-state index in [1.54, 1.807) is 6.33 Å². The van der Waals surface area contributed by atoms with Crippen LogP contribution in [0.1, 0.15) is 19.0 Å². The molecule has 0 spiro atoms. The number of nitrogens with two attached hydrogens (primary N) is 1. The van der Waals surface area contributed by atoms with E-state index in [0.717, 1.165) is 44.0 Å². The zero-order valence-electron chi connectivity index (χ0n) is 11.3. The molecule has 0 amide bonds. The first kappa shape index (κ1) is 13.2. The van der Waals surface area contributed by atoms with Crippen LogP contribution < -0.4 is 10.6 Å². The molecule has 1 aromatic rings. The largest absolute Gasteiger partial charge is 0.350 e. The second-order valence-corrected chi connectivity index (χ2v) is 4.96. The van der Waals surface area contributed by atoms with Crippen molar-refractivity contribution in [2.24, 2.45) is 5.73 Å². The first-order valence-corrected chi connectivity index (χ1v) is 6.70. The number of likely N-dealkylation sites (N-methyl/N-ethyl adjacent to an activating group) is 1. The molecule has 1 aromatic heterocycles. The molecule has 0 aliphatic carbocycles. The topological polar surface area (TPSA) is 58.3 Å². The van der Waals surface area contributed by atoms with Gasteiger partial charge in [-0.25, -0.2) is 9.97 Å². The standard InChI is InChI=1S/C13H23N5/c1-3-4-11-7-13(16-10-15-11)18-6-5-17(2)9-12(18)8-14/h7,10,12H,3-6,8-9,14H2,1-2H3. The van der Waals surface area contributed by atoms with E-state index >= 15 is 0 Å². The summed E-state index contributed by atoms with van der Waals surface area (Å²) in [6.07, 6.45) is 3.79. The molecule has 1 saturated heterocycles. The maximum Gasteiger partial charge on any atom is 0.132 e. The lowest BCUT2D eigenvalue weighted by Crippen LogP contribution is -2.55. The average Bonchev–Trinajstić information content (AvgIpc) is 2.39. The molecule has 100 valence electrons. The van der Waals surface area contributed by atoms with Crippen molar-refractivity contribution in [1.29, 1.82) is 0 Å². The maximum atomic E-state index is 5.88. The highest BCUT2D eigenvalue weighted by Crippen LogP contribution is 2.18. The predicted molar refractivity (Wildman–Crippen MR) is 73.7 cm³/mol. The van der Waals surface area contributed by atoms with E-state index in [-0.39, 0.29) is 0 Å². The third kappa shape index (κ3) is 2.97.